The molecule has 1 fully saturated rings. The van der Waals surface area contributed by atoms with Gasteiger partial charge < -0.3 is 15.9 Å². The Kier molecular flexibility index (Phi) is 6.21. The Morgan fingerprint density at radius 1 is 1.16 bits per heavy atom. The number of rotatable bonds is 0. The maximum atomic E-state index is 12.0. The molecule has 5 rings (SSSR count). The van der Waals surface area contributed by atoms with Crippen LogP contribution in [0.1, 0.15) is 57.4 Å². The molecule has 164 valence electrons. The summed E-state index contributed by atoms with van der Waals surface area (Å²) in [5.41, 5.74) is 8.09. The fraction of sp³-hybridized carbons (Fsp3) is 0.519. The summed E-state index contributed by atoms with van der Waals surface area (Å²) in [6, 6.07) is 3.89. The fourth-order valence-corrected chi connectivity index (χ4v) is 6.08. The predicted molar refractivity (Wildman–Crippen MR) is 124 cm³/mol. The monoisotopic (exact) mass is 418 g/mol. The second-order valence-electron chi connectivity index (χ2n) is 9.49. The third-order valence-corrected chi connectivity index (χ3v) is 7.83. The average Bonchev–Trinajstić information content (AvgIpc) is 3.05. The predicted octanol–water partition coefficient (Wildman–Crippen LogP) is 3.90. The van der Waals surface area contributed by atoms with Crippen LogP contribution in [0.2, 0.25) is 0 Å². The summed E-state index contributed by atoms with van der Waals surface area (Å²) in [5, 5.41) is 22.1. The minimum absolute atomic E-state index is 0.124. The maximum absolute atomic E-state index is 12.0. The molecule has 0 amide bonds. The summed E-state index contributed by atoms with van der Waals surface area (Å²) in [6.45, 7) is 2.27. The van der Waals surface area contributed by atoms with Crippen LogP contribution in [0.4, 0.5) is 0 Å². The molecule has 4 unspecified atom stereocenters. The van der Waals surface area contributed by atoms with Gasteiger partial charge >= 0.3 is 0 Å². The van der Waals surface area contributed by atoms with Gasteiger partial charge in [-0.05, 0) is 75.6 Å². The van der Waals surface area contributed by atoms with Gasteiger partial charge in [0.1, 0.15) is 0 Å². The largest absolute Gasteiger partial charge is 0.393 e. The molecular weight excluding hydrogens is 384 g/mol. The van der Waals surface area contributed by atoms with E-state index in [1.165, 1.54) is 12.6 Å². The van der Waals surface area contributed by atoms with Crippen molar-refractivity contribution in [2.45, 2.75) is 63.6 Å². The van der Waals surface area contributed by atoms with E-state index >= 15 is 0 Å². The van der Waals surface area contributed by atoms with Crippen LogP contribution < -0.4 is 5.73 Å². The second kappa shape index (κ2) is 8.74. The van der Waals surface area contributed by atoms with Gasteiger partial charge in [-0.15, -0.1) is 0 Å². The van der Waals surface area contributed by atoms with Crippen LogP contribution in [0.3, 0.4) is 0 Å². The van der Waals surface area contributed by atoms with Crippen LogP contribution in [0, 0.1) is 29.1 Å². The van der Waals surface area contributed by atoms with Crippen molar-refractivity contribution in [1.82, 2.24) is 4.98 Å². The van der Waals surface area contributed by atoms with Crippen molar-refractivity contribution >= 4 is 0 Å². The molecule has 0 bridgehead atoms. The number of pyridine rings is 1. The number of aliphatic hydroxyl groups is 2. The summed E-state index contributed by atoms with van der Waals surface area (Å²) in [4.78, 5) is 4.15. The van der Waals surface area contributed by atoms with Crippen molar-refractivity contribution in [3.63, 3.8) is 0 Å². The zero-order valence-corrected chi connectivity index (χ0v) is 18.6. The number of fused-ring (bicyclic) bond motifs is 4. The number of allylic oxidation sites excluding steroid dienone is 3. The first-order chi connectivity index (χ1) is 15.0. The lowest BCUT2D eigenvalue weighted by Gasteiger charge is -2.47. The summed E-state index contributed by atoms with van der Waals surface area (Å²) in [5.74, 6) is 7.34. The smallest absolute Gasteiger partial charge is 0.0933 e. The lowest BCUT2D eigenvalue weighted by molar-refractivity contribution is -0.0370. The number of hydrogen-bond donors (Lipinski definition) is 3. The van der Waals surface area contributed by atoms with Gasteiger partial charge in [-0.1, -0.05) is 42.6 Å². The Morgan fingerprint density at radius 2 is 2.00 bits per heavy atom. The molecule has 5 atom stereocenters. The van der Waals surface area contributed by atoms with E-state index in [2.05, 4.69) is 47.7 Å². The fourth-order valence-electron chi connectivity index (χ4n) is 6.08. The SMILES string of the molecule is CC12CC=C3C=C4CC(O)CCC4CC[C@]3(O)C1CC=C2C#Cc1cccnc1.CN. The number of nitrogens with two attached hydrogens (primary N) is 1. The van der Waals surface area contributed by atoms with E-state index in [0.29, 0.717) is 5.92 Å². The van der Waals surface area contributed by atoms with E-state index < -0.39 is 5.60 Å². The first kappa shape index (κ1) is 22.0. The summed E-state index contributed by atoms with van der Waals surface area (Å²) < 4.78 is 0. The first-order valence-electron chi connectivity index (χ1n) is 11.5. The molecule has 31 heavy (non-hydrogen) atoms. The lowest BCUT2D eigenvalue weighted by atomic mass is 9.59. The Balaban J connectivity index is 0.00000112. The van der Waals surface area contributed by atoms with Crippen molar-refractivity contribution < 1.29 is 10.2 Å². The van der Waals surface area contributed by atoms with Crippen LogP contribution in [-0.4, -0.2) is 33.9 Å². The number of hydrogen-bond acceptors (Lipinski definition) is 4. The molecular formula is C27H34N2O2. The Morgan fingerprint density at radius 3 is 2.77 bits per heavy atom. The summed E-state index contributed by atoms with van der Waals surface area (Å²) in [6.07, 6.45) is 16.3. The molecule has 1 saturated carbocycles. The van der Waals surface area contributed by atoms with E-state index in [9.17, 15) is 10.2 Å². The van der Waals surface area contributed by atoms with Crippen molar-refractivity contribution in [2.75, 3.05) is 7.05 Å². The second-order valence-corrected chi connectivity index (χ2v) is 9.49. The zero-order valence-electron chi connectivity index (χ0n) is 18.6. The molecule has 0 spiro atoms. The highest BCUT2D eigenvalue weighted by molar-refractivity contribution is 5.50. The van der Waals surface area contributed by atoms with E-state index in [-0.39, 0.29) is 17.4 Å². The highest BCUT2D eigenvalue weighted by Crippen LogP contribution is 2.58. The Hall–Kier alpha value is -2.19. The third kappa shape index (κ3) is 3.91. The van der Waals surface area contributed by atoms with Gasteiger partial charge in [-0.2, -0.15) is 0 Å². The standard InChI is InChI=1S/C26H29NO2.CH5N/c1-25-12-11-22-15-20-16-23(28)8-5-19(20)10-13-26(22,29)24(25)9-7-21(25)6-4-18-3-2-14-27-17-18;1-2/h2-3,7,11,14-15,17,19,23-24,28-29H,5,8-10,12-13,16H2,1H3;2H2,1H3/t19?,23?,24?,25?,26-;/m1./s1. The van der Waals surface area contributed by atoms with Gasteiger partial charge in [0, 0.05) is 34.9 Å². The van der Waals surface area contributed by atoms with Crippen molar-refractivity contribution in [3.8, 4) is 11.8 Å². The minimum atomic E-state index is -0.795. The summed E-state index contributed by atoms with van der Waals surface area (Å²) >= 11 is 0. The molecule has 4 nitrogen and oxygen atoms in total. The molecule has 4 aliphatic carbocycles. The number of aromatic nitrogens is 1. The average molecular weight is 419 g/mol. The highest BCUT2D eigenvalue weighted by atomic mass is 16.3. The summed E-state index contributed by atoms with van der Waals surface area (Å²) in [7, 11) is 1.50. The van der Waals surface area contributed by atoms with Crippen molar-refractivity contribution in [3.05, 3.63) is 65.0 Å². The molecule has 0 aromatic carbocycles. The molecule has 0 saturated heterocycles. The molecule has 1 heterocycles. The van der Waals surface area contributed by atoms with Crippen LogP contribution in [0.25, 0.3) is 0 Å². The first-order valence-corrected chi connectivity index (χ1v) is 11.5. The van der Waals surface area contributed by atoms with Crippen molar-refractivity contribution in [2.24, 2.45) is 23.0 Å². The lowest BCUT2D eigenvalue weighted by Crippen LogP contribution is -2.48. The number of nitrogens with zero attached hydrogens (tertiary/aromatic N) is 1. The van der Waals surface area contributed by atoms with Crippen LogP contribution >= 0.6 is 0 Å². The van der Waals surface area contributed by atoms with Crippen molar-refractivity contribution in [1.29, 1.82) is 0 Å². The molecule has 0 radical (unpaired) electrons. The molecule has 1 aromatic heterocycles. The van der Waals surface area contributed by atoms with Gasteiger partial charge in [0.15, 0.2) is 0 Å². The van der Waals surface area contributed by atoms with Crippen LogP contribution in [0.15, 0.2) is 59.5 Å². The molecule has 4 N–H and O–H groups in total. The Labute approximate surface area is 186 Å². The van der Waals surface area contributed by atoms with E-state index in [0.717, 1.165) is 61.7 Å². The molecule has 4 aliphatic rings. The molecule has 4 heteroatoms. The Bertz CT molecular complexity index is 968. The zero-order chi connectivity index (χ0) is 22.1. The van der Waals surface area contributed by atoms with Gasteiger partial charge in [-0.25, -0.2) is 0 Å². The topological polar surface area (TPSA) is 79.4 Å². The molecule has 1 aromatic rings. The normalized spacial score (nSPS) is 35.9. The maximum Gasteiger partial charge on any atom is 0.0933 e. The van der Waals surface area contributed by atoms with Gasteiger partial charge in [0.2, 0.25) is 0 Å². The van der Waals surface area contributed by atoms with Crippen LogP contribution in [-0.2, 0) is 0 Å². The highest BCUT2D eigenvalue weighted by Gasteiger charge is 2.55. The molecule has 0 aliphatic heterocycles. The van der Waals surface area contributed by atoms with E-state index in [4.69, 9.17) is 0 Å². The van der Waals surface area contributed by atoms with E-state index in [1.54, 1.807) is 12.4 Å². The van der Waals surface area contributed by atoms with Crippen LogP contribution in [0.5, 0.6) is 0 Å². The third-order valence-electron chi connectivity index (χ3n) is 7.83. The number of aliphatic hydroxyl groups excluding tert-OH is 1. The van der Waals surface area contributed by atoms with Gasteiger partial charge in [-0.3, -0.25) is 4.98 Å². The minimum Gasteiger partial charge on any atom is -0.393 e. The quantitative estimate of drug-likeness (QED) is 0.558. The van der Waals surface area contributed by atoms with Gasteiger partial charge in [0.25, 0.3) is 0 Å². The van der Waals surface area contributed by atoms with E-state index in [1.807, 2.05) is 12.1 Å². The van der Waals surface area contributed by atoms with Gasteiger partial charge in [0.05, 0.1) is 11.7 Å².